The number of carbonyl (C=O) groups excluding carboxylic acids is 3. The topological polar surface area (TPSA) is 159 Å². The molecular formula is C36H37N5O7. The van der Waals surface area contributed by atoms with Crippen LogP contribution in [0.3, 0.4) is 0 Å². The minimum atomic E-state index is -1.38. The molecule has 1 fully saturated rings. The van der Waals surface area contributed by atoms with Crippen LogP contribution in [0.25, 0.3) is 11.1 Å². The smallest absolute Gasteiger partial charge is 0.410 e. The molecule has 12 nitrogen and oxygen atoms in total. The number of amides is 3. The van der Waals surface area contributed by atoms with Gasteiger partial charge in [0.15, 0.2) is 0 Å². The van der Waals surface area contributed by atoms with E-state index >= 15 is 0 Å². The monoisotopic (exact) mass is 651 g/mol. The second-order valence-electron chi connectivity index (χ2n) is 11.2. The third-order valence-electron chi connectivity index (χ3n) is 7.81. The summed E-state index contributed by atoms with van der Waals surface area (Å²) in [6.45, 7) is -0.0182. The fourth-order valence-corrected chi connectivity index (χ4v) is 5.35. The van der Waals surface area contributed by atoms with Gasteiger partial charge in [-0.1, -0.05) is 84.9 Å². The maximum absolute atomic E-state index is 13.1. The molecule has 1 aliphatic heterocycles. The van der Waals surface area contributed by atoms with Crippen LogP contribution in [0.1, 0.15) is 22.3 Å². The summed E-state index contributed by atoms with van der Waals surface area (Å²) in [6, 6.07) is 29.3. The number of nitrogens with zero attached hydrogens (tertiary/aromatic N) is 2. The molecule has 2 heterocycles. The van der Waals surface area contributed by atoms with Gasteiger partial charge < -0.3 is 35.4 Å². The van der Waals surface area contributed by atoms with Gasteiger partial charge in [-0.05, 0) is 41.3 Å². The first-order chi connectivity index (χ1) is 23.4. The number of nitrogens with one attached hydrogen (secondary N) is 3. The van der Waals surface area contributed by atoms with Crippen LogP contribution in [0.2, 0.25) is 0 Å². The van der Waals surface area contributed by atoms with Crippen LogP contribution in [0.15, 0.2) is 109 Å². The van der Waals surface area contributed by atoms with Crippen molar-refractivity contribution in [2.24, 2.45) is 0 Å². The second-order valence-corrected chi connectivity index (χ2v) is 11.2. The number of pyridine rings is 1. The molecule has 248 valence electrons. The van der Waals surface area contributed by atoms with E-state index in [4.69, 9.17) is 9.47 Å². The van der Waals surface area contributed by atoms with Crippen LogP contribution < -0.4 is 16.0 Å². The van der Waals surface area contributed by atoms with E-state index < -0.39 is 36.0 Å². The van der Waals surface area contributed by atoms with E-state index in [1.54, 1.807) is 41.4 Å². The number of rotatable bonds is 14. The molecule has 12 heteroatoms. The fourth-order valence-electron chi connectivity index (χ4n) is 5.35. The van der Waals surface area contributed by atoms with E-state index in [0.717, 1.165) is 11.1 Å². The predicted octanol–water partition coefficient (Wildman–Crippen LogP) is 3.96. The van der Waals surface area contributed by atoms with Gasteiger partial charge in [-0.15, -0.1) is 0 Å². The molecule has 48 heavy (non-hydrogen) atoms. The highest BCUT2D eigenvalue weighted by Gasteiger charge is 2.37. The Balaban J connectivity index is 1.14. The summed E-state index contributed by atoms with van der Waals surface area (Å²) < 4.78 is 11.4. The molecule has 1 aromatic heterocycles. The van der Waals surface area contributed by atoms with Gasteiger partial charge in [-0.3, -0.25) is 9.59 Å². The summed E-state index contributed by atoms with van der Waals surface area (Å²) in [5, 5.41) is 18.0. The van der Waals surface area contributed by atoms with Crippen molar-refractivity contribution in [2.75, 3.05) is 31.6 Å². The highest BCUT2D eigenvalue weighted by molar-refractivity contribution is 6.02. The Morgan fingerprint density at radius 1 is 0.896 bits per heavy atom. The van der Waals surface area contributed by atoms with Gasteiger partial charge in [0.25, 0.3) is 5.91 Å². The van der Waals surface area contributed by atoms with Crippen LogP contribution in [0.4, 0.5) is 10.6 Å². The number of anilines is 1. The molecule has 3 amide bonds. The van der Waals surface area contributed by atoms with Crippen LogP contribution >= 0.6 is 0 Å². The molecule has 0 aliphatic carbocycles. The van der Waals surface area contributed by atoms with Crippen LogP contribution in [-0.4, -0.2) is 83.3 Å². The lowest BCUT2D eigenvalue weighted by molar-refractivity contribution is -0.139. The summed E-state index contributed by atoms with van der Waals surface area (Å²) in [4.78, 5) is 56.8. The lowest BCUT2D eigenvalue weighted by Gasteiger charge is -2.24. The molecule has 0 radical (unpaired) electrons. The first-order valence-electron chi connectivity index (χ1n) is 15.6. The molecule has 0 saturated carbocycles. The van der Waals surface area contributed by atoms with Crippen LogP contribution in [-0.2, 0) is 25.7 Å². The Hall–Kier alpha value is -5.75. The van der Waals surface area contributed by atoms with E-state index in [-0.39, 0.29) is 32.3 Å². The van der Waals surface area contributed by atoms with Crippen molar-refractivity contribution in [3.8, 4) is 11.1 Å². The minimum absolute atomic E-state index is 0.115. The number of aliphatic carboxylic acids is 1. The zero-order chi connectivity index (χ0) is 33.7. The first kappa shape index (κ1) is 33.6. The highest BCUT2D eigenvalue weighted by atomic mass is 16.6. The first-order valence-corrected chi connectivity index (χ1v) is 15.6. The molecular weight excluding hydrogens is 614 g/mol. The average molecular weight is 652 g/mol. The quantitative estimate of drug-likeness (QED) is 0.158. The molecule has 1 saturated heterocycles. The normalized spacial score (nSPS) is 16.0. The van der Waals surface area contributed by atoms with Crippen molar-refractivity contribution < 1.29 is 33.8 Å². The summed E-state index contributed by atoms with van der Waals surface area (Å²) in [5.41, 5.74) is 2.63. The number of carboxylic acid groups (broad SMARTS) is 1. The van der Waals surface area contributed by atoms with E-state index in [0.29, 0.717) is 29.9 Å². The number of hydrogen-bond donors (Lipinski definition) is 4. The Bertz CT molecular complexity index is 1670. The molecule has 0 unspecified atom stereocenters. The van der Waals surface area contributed by atoms with Gasteiger partial charge >= 0.3 is 12.1 Å². The fraction of sp³-hybridized carbons (Fsp3) is 0.250. The number of likely N-dealkylation sites (tertiary alicyclic amines) is 1. The number of ether oxygens (including phenoxy) is 2. The number of hydrogen-bond acceptors (Lipinski definition) is 8. The lowest BCUT2D eigenvalue weighted by Crippen LogP contribution is -2.49. The Morgan fingerprint density at radius 3 is 2.33 bits per heavy atom. The Labute approximate surface area is 278 Å². The Kier molecular flexibility index (Phi) is 11.7. The molecule has 0 spiro atoms. The number of carbonyl (C=O) groups is 4. The molecule has 5 rings (SSSR count). The van der Waals surface area contributed by atoms with E-state index in [1.807, 2.05) is 72.8 Å². The van der Waals surface area contributed by atoms with Gasteiger partial charge in [0.2, 0.25) is 5.91 Å². The van der Waals surface area contributed by atoms with Crippen LogP contribution in [0.5, 0.6) is 0 Å². The lowest BCUT2D eigenvalue weighted by atomic mass is 9.99. The van der Waals surface area contributed by atoms with Crippen molar-refractivity contribution in [3.05, 3.63) is 120 Å². The van der Waals surface area contributed by atoms with Gasteiger partial charge in [0.1, 0.15) is 25.1 Å². The molecule has 4 N–H and O–H groups in total. The minimum Gasteiger partial charge on any atom is -0.480 e. The highest BCUT2D eigenvalue weighted by Crippen LogP contribution is 2.24. The molecule has 3 aromatic carbocycles. The number of carboxylic acids is 1. The standard InChI is InChI=1S/C36H37N5O7/c42-33(39-21-31(35(44)45)40-34(43)30-16-8-7-15-29(30)26-13-5-2-6-14-26)24-47-28-19-27(20-38-32-17-9-10-18-37-32)41(22-28)36(46)48-23-25-11-3-1-4-12-25/h1-18,27-28,31H,19-24H2,(H,37,38)(H,39,42)(H,40,43)(H,44,45)/t27-,28+,31-/m0/s1. The maximum Gasteiger partial charge on any atom is 0.410 e. The molecule has 0 bridgehead atoms. The summed E-state index contributed by atoms with van der Waals surface area (Å²) in [6.07, 6.45) is 1.12. The SMILES string of the molecule is O=C(CO[C@@H]1C[C@@H](CNc2ccccn2)N(C(=O)OCc2ccccc2)C1)NC[C@H](NC(=O)c1ccccc1-c1ccccc1)C(=O)O. The Morgan fingerprint density at radius 2 is 1.60 bits per heavy atom. The molecule has 4 aromatic rings. The number of benzene rings is 3. The van der Waals surface area contributed by atoms with Gasteiger partial charge in [0, 0.05) is 24.8 Å². The van der Waals surface area contributed by atoms with Crippen LogP contribution in [0, 0.1) is 0 Å². The zero-order valence-corrected chi connectivity index (χ0v) is 26.2. The maximum atomic E-state index is 13.1. The molecule has 3 atom stereocenters. The summed E-state index contributed by atoms with van der Waals surface area (Å²) >= 11 is 0. The predicted molar refractivity (Wildman–Crippen MR) is 178 cm³/mol. The third-order valence-corrected chi connectivity index (χ3v) is 7.81. The van der Waals surface area contributed by atoms with Crippen molar-refractivity contribution in [1.29, 1.82) is 0 Å². The zero-order valence-electron chi connectivity index (χ0n) is 26.2. The van der Waals surface area contributed by atoms with Crippen molar-refractivity contribution in [1.82, 2.24) is 20.5 Å². The number of aromatic nitrogens is 1. The van der Waals surface area contributed by atoms with Crippen molar-refractivity contribution >= 4 is 29.7 Å². The van der Waals surface area contributed by atoms with Gasteiger partial charge in [0.05, 0.1) is 18.7 Å². The van der Waals surface area contributed by atoms with Gasteiger partial charge in [-0.2, -0.15) is 0 Å². The van der Waals surface area contributed by atoms with E-state index in [1.165, 1.54) is 0 Å². The van der Waals surface area contributed by atoms with Crippen molar-refractivity contribution in [3.63, 3.8) is 0 Å². The van der Waals surface area contributed by atoms with E-state index in [2.05, 4.69) is 20.9 Å². The third kappa shape index (κ3) is 9.39. The second kappa shape index (κ2) is 16.7. The van der Waals surface area contributed by atoms with Gasteiger partial charge in [-0.25, -0.2) is 14.6 Å². The summed E-state index contributed by atoms with van der Waals surface area (Å²) in [7, 11) is 0. The molecule has 1 aliphatic rings. The average Bonchev–Trinajstić information content (AvgIpc) is 3.54. The largest absolute Gasteiger partial charge is 0.480 e. The van der Waals surface area contributed by atoms with Crippen molar-refractivity contribution in [2.45, 2.75) is 31.2 Å². The summed E-state index contributed by atoms with van der Waals surface area (Å²) in [5.74, 6) is -1.79. The van der Waals surface area contributed by atoms with E-state index in [9.17, 15) is 24.3 Å².